The first-order chi connectivity index (χ1) is 10.1. The molecule has 1 N–H and O–H groups in total. The number of hydrogen-bond acceptors (Lipinski definition) is 3. The number of carbonyl (C=O) groups is 1. The Balaban J connectivity index is 2.14. The number of rotatable bonds is 3. The highest BCUT2D eigenvalue weighted by Gasteiger charge is 2.18. The second-order valence-electron chi connectivity index (χ2n) is 4.22. The predicted octanol–water partition coefficient (Wildman–Crippen LogP) is 4.09. The van der Waals surface area contributed by atoms with Gasteiger partial charge in [0, 0.05) is 12.3 Å². The van der Waals surface area contributed by atoms with E-state index in [-0.39, 0.29) is 10.6 Å². The molecular weight excluding hydrogens is 315 g/mol. The smallest absolute Gasteiger partial charge is 0.339 e. The van der Waals surface area contributed by atoms with Crippen LogP contribution in [0.3, 0.4) is 0 Å². The topological polar surface area (TPSA) is 55.1 Å². The van der Waals surface area contributed by atoms with Crippen LogP contribution < -0.4 is 0 Å². The van der Waals surface area contributed by atoms with Crippen molar-refractivity contribution in [3.05, 3.63) is 58.3 Å². The summed E-state index contributed by atoms with van der Waals surface area (Å²) in [6.45, 7) is 0. The molecule has 2 aromatic heterocycles. The maximum Gasteiger partial charge on any atom is 0.339 e. The molecule has 0 aliphatic rings. The SMILES string of the molecule is O=C(O)c1cn(-c2ccc(Cl)c(F)c2)nc1-c1cccs1. The summed E-state index contributed by atoms with van der Waals surface area (Å²) in [6, 6.07) is 7.78. The summed E-state index contributed by atoms with van der Waals surface area (Å²) in [6.07, 6.45) is 1.36. The van der Waals surface area contributed by atoms with Crippen LogP contribution in [-0.2, 0) is 0 Å². The Bertz CT molecular complexity index is 815. The van der Waals surface area contributed by atoms with Crippen molar-refractivity contribution >= 4 is 28.9 Å². The number of halogens is 2. The van der Waals surface area contributed by atoms with Gasteiger partial charge < -0.3 is 5.11 Å². The van der Waals surface area contributed by atoms with E-state index in [4.69, 9.17) is 11.6 Å². The van der Waals surface area contributed by atoms with Crippen molar-refractivity contribution in [3.63, 3.8) is 0 Å². The van der Waals surface area contributed by atoms with Crippen LogP contribution >= 0.6 is 22.9 Å². The summed E-state index contributed by atoms with van der Waals surface area (Å²) in [7, 11) is 0. The fourth-order valence-electron chi connectivity index (χ4n) is 1.89. The Morgan fingerprint density at radius 3 is 2.81 bits per heavy atom. The second kappa shape index (κ2) is 5.31. The van der Waals surface area contributed by atoms with E-state index in [0.717, 1.165) is 4.88 Å². The molecule has 3 rings (SSSR count). The molecule has 0 atom stereocenters. The van der Waals surface area contributed by atoms with E-state index in [2.05, 4.69) is 5.10 Å². The van der Waals surface area contributed by atoms with Gasteiger partial charge in [-0.2, -0.15) is 5.10 Å². The molecule has 0 spiro atoms. The lowest BCUT2D eigenvalue weighted by molar-refractivity contribution is 0.0697. The number of aromatic carboxylic acids is 1. The molecular formula is C14H8ClFN2O2S. The van der Waals surface area contributed by atoms with Gasteiger partial charge in [0.1, 0.15) is 17.1 Å². The zero-order valence-electron chi connectivity index (χ0n) is 10.5. The summed E-state index contributed by atoms with van der Waals surface area (Å²) in [5, 5.41) is 15.4. The number of thiophene rings is 1. The third-order valence-electron chi connectivity index (χ3n) is 2.87. The average molecular weight is 323 g/mol. The van der Waals surface area contributed by atoms with Gasteiger partial charge >= 0.3 is 5.97 Å². The van der Waals surface area contributed by atoms with Gasteiger partial charge in [-0.25, -0.2) is 13.9 Å². The number of carboxylic acids is 1. The summed E-state index contributed by atoms with van der Waals surface area (Å²) < 4.78 is 14.8. The lowest BCUT2D eigenvalue weighted by Crippen LogP contribution is -1.96. The maximum atomic E-state index is 13.5. The summed E-state index contributed by atoms with van der Waals surface area (Å²) >= 11 is 7.03. The average Bonchev–Trinajstić information content (AvgIpc) is 3.09. The van der Waals surface area contributed by atoms with E-state index in [1.165, 1.54) is 34.3 Å². The first-order valence-corrected chi connectivity index (χ1v) is 7.14. The first-order valence-electron chi connectivity index (χ1n) is 5.88. The molecule has 1 aromatic carbocycles. The molecule has 2 heterocycles. The van der Waals surface area contributed by atoms with Gasteiger partial charge in [0.25, 0.3) is 0 Å². The van der Waals surface area contributed by atoms with Crippen molar-refractivity contribution in [2.24, 2.45) is 0 Å². The maximum absolute atomic E-state index is 13.5. The molecule has 0 aliphatic carbocycles. The van der Waals surface area contributed by atoms with Gasteiger partial charge in [-0.1, -0.05) is 17.7 Å². The minimum Gasteiger partial charge on any atom is -0.478 e. The van der Waals surface area contributed by atoms with Crippen molar-refractivity contribution in [1.29, 1.82) is 0 Å². The van der Waals surface area contributed by atoms with Gasteiger partial charge in [-0.05, 0) is 23.6 Å². The van der Waals surface area contributed by atoms with Crippen molar-refractivity contribution < 1.29 is 14.3 Å². The van der Waals surface area contributed by atoms with Crippen LogP contribution in [0.2, 0.25) is 5.02 Å². The van der Waals surface area contributed by atoms with Gasteiger partial charge in [0.05, 0.1) is 15.6 Å². The fourth-order valence-corrected chi connectivity index (χ4v) is 2.73. The van der Waals surface area contributed by atoms with Gasteiger partial charge in [0.2, 0.25) is 0 Å². The third kappa shape index (κ3) is 2.55. The minimum absolute atomic E-state index is 0.00263. The van der Waals surface area contributed by atoms with Gasteiger partial charge in [0.15, 0.2) is 0 Å². The largest absolute Gasteiger partial charge is 0.478 e. The van der Waals surface area contributed by atoms with E-state index in [0.29, 0.717) is 11.4 Å². The Morgan fingerprint density at radius 2 is 2.19 bits per heavy atom. The van der Waals surface area contributed by atoms with E-state index in [9.17, 15) is 14.3 Å². The predicted molar refractivity (Wildman–Crippen MR) is 78.8 cm³/mol. The first kappa shape index (κ1) is 13.8. The van der Waals surface area contributed by atoms with E-state index in [1.54, 1.807) is 12.1 Å². The number of hydrogen-bond donors (Lipinski definition) is 1. The van der Waals surface area contributed by atoms with Gasteiger partial charge in [-0.3, -0.25) is 0 Å². The fraction of sp³-hybridized carbons (Fsp3) is 0. The van der Waals surface area contributed by atoms with Crippen molar-refractivity contribution in [1.82, 2.24) is 9.78 Å². The van der Waals surface area contributed by atoms with E-state index < -0.39 is 11.8 Å². The second-order valence-corrected chi connectivity index (χ2v) is 5.57. The molecule has 0 fully saturated rings. The van der Waals surface area contributed by atoms with Crippen LogP contribution in [-0.4, -0.2) is 20.9 Å². The molecule has 4 nitrogen and oxygen atoms in total. The molecule has 0 unspecified atom stereocenters. The number of carboxylic acid groups (broad SMARTS) is 1. The number of benzene rings is 1. The van der Waals surface area contributed by atoms with Crippen LogP contribution in [0.25, 0.3) is 16.3 Å². The molecule has 21 heavy (non-hydrogen) atoms. The Hall–Kier alpha value is -2.18. The molecule has 0 bridgehead atoms. The molecule has 106 valence electrons. The summed E-state index contributed by atoms with van der Waals surface area (Å²) in [5.41, 5.74) is 0.822. The third-order valence-corrected chi connectivity index (χ3v) is 4.05. The van der Waals surface area contributed by atoms with Crippen LogP contribution in [0.1, 0.15) is 10.4 Å². The van der Waals surface area contributed by atoms with Gasteiger partial charge in [-0.15, -0.1) is 11.3 Å². The molecule has 0 radical (unpaired) electrons. The van der Waals surface area contributed by atoms with E-state index in [1.807, 2.05) is 11.4 Å². The zero-order valence-corrected chi connectivity index (χ0v) is 12.0. The quantitative estimate of drug-likeness (QED) is 0.790. The molecule has 0 saturated heterocycles. The van der Waals surface area contributed by atoms with E-state index >= 15 is 0 Å². The molecule has 3 aromatic rings. The molecule has 0 saturated carbocycles. The molecule has 0 amide bonds. The number of aromatic nitrogens is 2. The lowest BCUT2D eigenvalue weighted by atomic mass is 10.2. The summed E-state index contributed by atoms with van der Waals surface area (Å²) in [5.74, 6) is -1.67. The highest BCUT2D eigenvalue weighted by atomic mass is 35.5. The molecule has 0 aliphatic heterocycles. The number of nitrogens with zero attached hydrogens (tertiary/aromatic N) is 2. The normalized spacial score (nSPS) is 10.8. The van der Waals surface area contributed by atoms with Crippen molar-refractivity contribution in [3.8, 4) is 16.3 Å². The van der Waals surface area contributed by atoms with Crippen LogP contribution in [0.5, 0.6) is 0 Å². The van der Waals surface area contributed by atoms with Crippen LogP contribution in [0.15, 0.2) is 41.9 Å². The standard InChI is InChI=1S/C14H8ClFN2O2S/c15-10-4-3-8(6-11(10)16)18-7-9(14(19)20)13(17-18)12-2-1-5-21-12/h1-7H,(H,19,20). The Kier molecular flexibility index (Phi) is 3.48. The van der Waals surface area contributed by atoms with Crippen LogP contribution in [0.4, 0.5) is 4.39 Å². The highest BCUT2D eigenvalue weighted by molar-refractivity contribution is 7.13. The Morgan fingerprint density at radius 1 is 1.38 bits per heavy atom. The van der Waals surface area contributed by atoms with Crippen molar-refractivity contribution in [2.75, 3.05) is 0 Å². The monoisotopic (exact) mass is 322 g/mol. The Labute approximate surface area is 128 Å². The van der Waals surface area contributed by atoms with Crippen LogP contribution in [0, 0.1) is 5.82 Å². The zero-order chi connectivity index (χ0) is 15.0. The van der Waals surface area contributed by atoms with Crippen molar-refractivity contribution in [2.45, 2.75) is 0 Å². The lowest BCUT2D eigenvalue weighted by Gasteiger charge is -2.01. The highest BCUT2D eigenvalue weighted by Crippen LogP contribution is 2.28. The minimum atomic E-state index is -1.08. The molecule has 7 heteroatoms. The summed E-state index contributed by atoms with van der Waals surface area (Å²) in [4.78, 5) is 12.1.